The number of carbonyl (C=O) groups is 8. The summed E-state index contributed by atoms with van der Waals surface area (Å²) < 4.78 is -0.762. The van der Waals surface area contributed by atoms with E-state index in [9.17, 15) is 33.6 Å². The minimum Gasteiger partial charge on any atom is -0.347 e. The molecule has 7 amide bonds. The van der Waals surface area contributed by atoms with Crippen molar-refractivity contribution in [2.75, 3.05) is 32.2 Å². The number of ketones is 1. The largest absolute Gasteiger partial charge is 0.347 e. The zero-order valence-electron chi connectivity index (χ0n) is 49.2. The SMILES string of the molecule is CN[C@@H](C)C(=O)C[C@H](C(=O)N1CC(NC(=O)c2ccc(C(=O)Nc3ccc4c(c3)CN(C(=O)[C@@H](NC(=O)[C@H](C)NC)C(C)(C)SC)C(C(=O)N[C@@H]3CCCc5ccccc53)C4)cc2)C[C@H]1C(=O)NC1CCCc2ccccc21)C(C)(C)C. The quantitative estimate of drug-likeness (QED) is 0.0520. The molecule has 1 fully saturated rings. The molecule has 7 N–H and O–H groups in total. The predicted octanol–water partition coefficient (Wildman–Crippen LogP) is 6.74. The summed E-state index contributed by atoms with van der Waals surface area (Å²) in [5.74, 6) is -3.39. The monoisotopic (exact) mass is 1140 g/mol. The van der Waals surface area contributed by atoms with Crippen LogP contribution in [0.15, 0.2) is 91.0 Å². The number of hydrogen-bond donors (Lipinski definition) is 7. The van der Waals surface area contributed by atoms with E-state index < -0.39 is 70.1 Å². The van der Waals surface area contributed by atoms with E-state index in [1.165, 1.54) is 22.9 Å². The van der Waals surface area contributed by atoms with Crippen LogP contribution < -0.4 is 37.2 Å². The van der Waals surface area contributed by atoms with Crippen molar-refractivity contribution in [3.63, 3.8) is 0 Å². The maximum absolute atomic E-state index is 15.0. The normalized spacial score (nSPS) is 21.0. The van der Waals surface area contributed by atoms with Gasteiger partial charge in [0, 0.05) is 59.5 Å². The number of hydrogen-bond acceptors (Lipinski definition) is 11. The van der Waals surface area contributed by atoms with E-state index in [2.05, 4.69) is 49.4 Å². The van der Waals surface area contributed by atoms with E-state index in [0.717, 1.165) is 60.8 Å². The lowest BCUT2D eigenvalue weighted by Crippen LogP contribution is -2.63. The Hall–Kier alpha value is -6.89. The topological polar surface area (TPSA) is 227 Å². The molecule has 8 rings (SSSR count). The Morgan fingerprint density at radius 1 is 0.634 bits per heavy atom. The molecular weight excluding hydrogens is 1050 g/mol. The van der Waals surface area contributed by atoms with Crippen molar-refractivity contribution in [1.29, 1.82) is 0 Å². The molecule has 0 bridgehead atoms. The minimum absolute atomic E-state index is 0.0118. The maximum Gasteiger partial charge on any atom is 0.255 e. The lowest BCUT2D eigenvalue weighted by Gasteiger charge is -2.42. The highest BCUT2D eigenvalue weighted by Crippen LogP contribution is 2.37. The van der Waals surface area contributed by atoms with E-state index in [0.29, 0.717) is 5.69 Å². The van der Waals surface area contributed by atoms with Gasteiger partial charge in [0.2, 0.25) is 29.5 Å². The Morgan fingerprint density at radius 3 is 1.76 bits per heavy atom. The maximum atomic E-state index is 15.0. The average molecular weight is 1140 g/mol. The van der Waals surface area contributed by atoms with Crippen molar-refractivity contribution >= 4 is 64.6 Å². The zero-order valence-corrected chi connectivity index (χ0v) is 50.0. The van der Waals surface area contributed by atoms with Crippen molar-refractivity contribution in [1.82, 2.24) is 41.7 Å². The van der Waals surface area contributed by atoms with E-state index >= 15 is 4.79 Å². The summed E-state index contributed by atoms with van der Waals surface area (Å²) in [5.41, 5.74) is 6.46. The lowest BCUT2D eigenvalue weighted by molar-refractivity contribution is -0.146. The van der Waals surface area contributed by atoms with Crippen LogP contribution in [0.5, 0.6) is 0 Å². The second-order valence-electron chi connectivity index (χ2n) is 24.3. The number of nitrogens with zero attached hydrogens (tertiary/aromatic N) is 2. The van der Waals surface area contributed by atoms with Gasteiger partial charge in [0.05, 0.1) is 24.2 Å². The van der Waals surface area contributed by atoms with Gasteiger partial charge in [0.1, 0.15) is 23.9 Å². The highest BCUT2D eigenvalue weighted by atomic mass is 32.2. The molecule has 17 nitrogen and oxygen atoms in total. The Balaban J connectivity index is 0.978. The molecule has 1 saturated heterocycles. The number of amides is 7. The number of carbonyl (C=O) groups excluding carboxylic acids is 8. The number of aryl methyl sites for hydroxylation is 2. The Bertz CT molecular complexity index is 3050. The van der Waals surface area contributed by atoms with Crippen molar-refractivity contribution in [2.45, 2.75) is 166 Å². The van der Waals surface area contributed by atoms with Gasteiger partial charge in [-0.25, -0.2) is 0 Å². The number of likely N-dealkylation sites (N-methyl/N-ethyl adjacent to an activating group) is 2. The van der Waals surface area contributed by atoms with Crippen LogP contribution >= 0.6 is 11.8 Å². The van der Waals surface area contributed by atoms with Crippen molar-refractivity contribution < 1.29 is 38.4 Å². The molecule has 4 aliphatic rings. The van der Waals surface area contributed by atoms with Crippen LogP contribution in [0, 0.1) is 11.3 Å². The number of rotatable bonds is 19. The van der Waals surface area contributed by atoms with Crippen molar-refractivity contribution in [3.05, 3.63) is 136 Å². The number of thioether (sulfide) groups is 1. The zero-order chi connectivity index (χ0) is 59.2. The first-order valence-corrected chi connectivity index (χ1v) is 30.2. The van der Waals surface area contributed by atoms with Gasteiger partial charge in [-0.05, 0) is 168 Å². The number of fused-ring (bicyclic) bond motifs is 3. The molecule has 4 aromatic carbocycles. The summed E-state index contributed by atoms with van der Waals surface area (Å²) >= 11 is 1.44. The van der Waals surface area contributed by atoms with E-state index in [-0.39, 0.29) is 85.0 Å². The lowest BCUT2D eigenvalue weighted by atomic mass is 9.76. The Labute approximate surface area is 487 Å². The van der Waals surface area contributed by atoms with Gasteiger partial charge >= 0.3 is 0 Å². The first-order chi connectivity index (χ1) is 39.0. The molecule has 2 aliphatic heterocycles. The molecule has 9 atom stereocenters. The molecule has 3 unspecified atom stereocenters. The number of Topliss-reactive ketones (excluding diaryl/α,β-unsaturated/α-hetero) is 1. The van der Waals surface area contributed by atoms with Crippen LogP contribution in [0.3, 0.4) is 0 Å². The number of benzene rings is 4. The smallest absolute Gasteiger partial charge is 0.255 e. The molecule has 0 saturated carbocycles. The van der Waals surface area contributed by atoms with Gasteiger partial charge < -0.3 is 47.0 Å². The molecule has 438 valence electrons. The average Bonchev–Trinajstić information content (AvgIpc) is 3.92. The summed E-state index contributed by atoms with van der Waals surface area (Å²) in [6, 6.07) is 22.9. The van der Waals surface area contributed by atoms with Crippen LogP contribution in [0.4, 0.5) is 5.69 Å². The van der Waals surface area contributed by atoms with E-state index in [4.69, 9.17) is 0 Å². The van der Waals surface area contributed by atoms with Crippen LogP contribution in [0.2, 0.25) is 0 Å². The fraction of sp³-hybridized carbons (Fsp3) is 0.500. The van der Waals surface area contributed by atoms with E-state index in [1.807, 2.05) is 83.3 Å². The van der Waals surface area contributed by atoms with Crippen LogP contribution in [-0.2, 0) is 54.6 Å². The van der Waals surface area contributed by atoms with Gasteiger partial charge in [-0.15, -0.1) is 0 Å². The standard InChI is InChI=1S/C64H83N9O8S/c1-37(65-8)54(74)34-49(63(3,4)5)61(80)73-36-46(33-53(73)60(79)70-51-24-16-20-40-18-12-14-22-48(40)51)68-58(77)42-27-25-41(26-28-42)57(76)67-45-30-29-43-32-52(59(78)69-50-23-15-19-39-17-11-13-21-47(39)50)72(35-44(43)31-45)62(81)55(64(6,7)82-10)71-56(75)38(2)66-9/h11-14,17-18,21-22,25-31,37-38,46,49-53,55,65-66H,15-16,19-20,23-24,32-36H2,1-10H3,(H,67,76)(H,68,77)(H,69,78)(H,70,79)(H,71,75)/t37-,38-,46?,49+,50+,51?,52?,53-,55+/m0/s1. The molecular formula is C64H83N9O8S. The number of nitrogens with one attached hydrogen (secondary N) is 7. The first-order valence-electron chi connectivity index (χ1n) is 29.0. The van der Waals surface area contributed by atoms with Crippen LogP contribution in [0.1, 0.15) is 153 Å². The third-order valence-electron chi connectivity index (χ3n) is 17.4. The molecule has 82 heavy (non-hydrogen) atoms. The molecule has 0 aromatic heterocycles. The van der Waals surface area contributed by atoms with Crippen LogP contribution in [0.25, 0.3) is 0 Å². The van der Waals surface area contributed by atoms with E-state index in [1.54, 1.807) is 74.1 Å². The predicted molar refractivity (Wildman–Crippen MR) is 320 cm³/mol. The third-order valence-corrected chi connectivity index (χ3v) is 18.7. The Kier molecular flexibility index (Phi) is 19.5. The van der Waals surface area contributed by atoms with Crippen molar-refractivity contribution in [3.8, 4) is 0 Å². The number of likely N-dealkylation sites (tertiary alicyclic amines) is 1. The highest BCUT2D eigenvalue weighted by Gasteiger charge is 2.47. The summed E-state index contributed by atoms with van der Waals surface area (Å²) in [4.78, 5) is 117. The molecule has 2 aliphatic carbocycles. The van der Waals surface area contributed by atoms with Gasteiger partial charge in [-0.1, -0.05) is 75.4 Å². The second kappa shape index (κ2) is 26.1. The first kappa shape index (κ1) is 61.2. The second-order valence-corrected chi connectivity index (χ2v) is 25.7. The summed E-state index contributed by atoms with van der Waals surface area (Å²) in [6.45, 7) is 13.1. The molecule has 18 heteroatoms. The molecule has 4 aromatic rings. The summed E-state index contributed by atoms with van der Waals surface area (Å²) in [7, 11) is 3.37. The van der Waals surface area contributed by atoms with Gasteiger partial charge in [-0.2, -0.15) is 11.8 Å². The molecule has 0 radical (unpaired) electrons. The van der Waals surface area contributed by atoms with Gasteiger partial charge in [0.25, 0.3) is 11.8 Å². The molecule has 2 heterocycles. The minimum atomic E-state index is -0.988. The van der Waals surface area contributed by atoms with Gasteiger partial charge in [0.15, 0.2) is 0 Å². The van der Waals surface area contributed by atoms with Gasteiger partial charge in [-0.3, -0.25) is 38.4 Å². The Morgan fingerprint density at radius 2 is 1.20 bits per heavy atom. The highest BCUT2D eigenvalue weighted by molar-refractivity contribution is 8.00. The number of anilines is 1. The fourth-order valence-corrected chi connectivity index (χ4v) is 12.3. The molecule has 0 spiro atoms. The van der Waals surface area contributed by atoms with Crippen LogP contribution in [-0.4, -0.2) is 125 Å². The summed E-state index contributed by atoms with van der Waals surface area (Å²) in [5, 5.41) is 21.5. The fourth-order valence-electron chi connectivity index (χ4n) is 11.9. The third kappa shape index (κ3) is 13.9. The summed E-state index contributed by atoms with van der Waals surface area (Å²) in [6.07, 6.45) is 7.42. The van der Waals surface area contributed by atoms with Crippen molar-refractivity contribution in [2.24, 2.45) is 11.3 Å².